The van der Waals surface area contributed by atoms with Crippen LogP contribution in [0.3, 0.4) is 0 Å². The van der Waals surface area contributed by atoms with Crippen LogP contribution >= 0.6 is 0 Å². The molecule has 1 aliphatic carbocycles. The van der Waals surface area contributed by atoms with Crippen LogP contribution in [0.1, 0.15) is 53.4 Å². The fourth-order valence-corrected chi connectivity index (χ4v) is 4.36. The molecule has 29 heavy (non-hydrogen) atoms. The minimum absolute atomic E-state index is 0.0835. The van der Waals surface area contributed by atoms with Crippen molar-refractivity contribution in [3.63, 3.8) is 0 Å². The molecule has 7 nitrogen and oxygen atoms in total. The Labute approximate surface area is 168 Å². The van der Waals surface area contributed by atoms with E-state index in [9.17, 15) is 19.8 Å². The number of nitrogens with one attached hydrogen (secondary N) is 2. The molecule has 0 radical (unpaired) electrons. The van der Waals surface area contributed by atoms with E-state index in [0.29, 0.717) is 11.3 Å². The van der Waals surface area contributed by atoms with Crippen LogP contribution in [0.2, 0.25) is 0 Å². The summed E-state index contributed by atoms with van der Waals surface area (Å²) in [5.74, 6) is -1.92. The number of nitrogens with zero attached hydrogens (tertiary/aromatic N) is 1. The number of carbonyl (C=O) groups is 1. The van der Waals surface area contributed by atoms with Crippen molar-refractivity contribution in [3.05, 3.63) is 50.9 Å². The van der Waals surface area contributed by atoms with Gasteiger partial charge in [0.15, 0.2) is 5.56 Å². The highest BCUT2D eigenvalue weighted by atomic mass is 16.4. The van der Waals surface area contributed by atoms with Gasteiger partial charge in [-0.2, -0.15) is 0 Å². The first-order chi connectivity index (χ1) is 13.8. The molecule has 0 spiro atoms. The average Bonchev–Trinajstić information content (AvgIpc) is 2.90. The Hall–Kier alpha value is -3.06. The third kappa shape index (κ3) is 3.02. The highest BCUT2D eigenvalue weighted by molar-refractivity contribution is 5.93. The number of pyridine rings is 1. The fourth-order valence-electron chi connectivity index (χ4n) is 4.36. The summed E-state index contributed by atoms with van der Waals surface area (Å²) in [5, 5.41) is 24.4. The van der Waals surface area contributed by atoms with E-state index >= 15 is 0 Å². The van der Waals surface area contributed by atoms with Gasteiger partial charge in [0.2, 0.25) is 0 Å². The summed E-state index contributed by atoms with van der Waals surface area (Å²) < 4.78 is 2.17. The first-order valence-corrected chi connectivity index (χ1v) is 9.88. The second kappa shape index (κ2) is 7.08. The molecule has 0 bridgehead atoms. The third-order valence-corrected chi connectivity index (χ3v) is 5.97. The zero-order valence-electron chi connectivity index (χ0n) is 16.8. The number of aromatic carboxylic acids is 1. The van der Waals surface area contributed by atoms with Gasteiger partial charge in [-0.25, -0.2) is 4.79 Å². The van der Waals surface area contributed by atoms with Crippen molar-refractivity contribution in [2.45, 2.75) is 39.2 Å². The molecule has 1 atom stereocenters. The maximum atomic E-state index is 12.4. The Kier molecular flexibility index (Phi) is 4.70. The lowest BCUT2D eigenvalue weighted by Gasteiger charge is -2.16. The van der Waals surface area contributed by atoms with Crippen LogP contribution in [0.5, 0.6) is 5.75 Å². The van der Waals surface area contributed by atoms with Crippen LogP contribution in [-0.2, 0) is 20.0 Å². The van der Waals surface area contributed by atoms with Gasteiger partial charge in [-0.3, -0.25) is 4.79 Å². The number of hydrogen-bond donors (Lipinski definition) is 4. The molecule has 0 aliphatic heterocycles. The molecule has 152 valence electrons. The van der Waals surface area contributed by atoms with Gasteiger partial charge in [0.05, 0.1) is 5.69 Å². The van der Waals surface area contributed by atoms with Gasteiger partial charge in [0.25, 0.3) is 5.56 Å². The Morgan fingerprint density at radius 2 is 2.10 bits per heavy atom. The summed E-state index contributed by atoms with van der Waals surface area (Å²) in [4.78, 5) is 26.6. The number of aromatic nitrogens is 2. The second-order valence-electron chi connectivity index (χ2n) is 7.75. The second-order valence-corrected chi connectivity index (χ2v) is 7.75. The molecule has 2 heterocycles. The summed E-state index contributed by atoms with van der Waals surface area (Å²) in [6, 6.07) is 6.30. The monoisotopic (exact) mass is 395 g/mol. The fraction of sp³-hybridized carbons (Fsp3) is 0.364. The number of carboxylic acid groups (broad SMARTS) is 1. The van der Waals surface area contributed by atoms with E-state index in [-0.39, 0.29) is 5.92 Å². The number of hydrogen-bond acceptors (Lipinski definition) is 4. The van der Waals surface area contributed by atoms with Crippen LogP contribution in [0.25, 0.3) is 22.2 Å². The molecule has 1 aromatic carbocycles. The number of aromatic hydroxyl groups is 1. The van der Waals surface area contributed by atoms with Crippen molar-refractivity contribution in [1.82, 2.24) is 14.9 Å². The van der Waals surface area contributed by atoms with Crippen LogP contribution in [-0.4, -0.2) is 32.3 Å². The lowest BCUT2D eigenvalue weighted by Crippen LogP contribution is -2.20. The number of benzene rings is 1. The Morgan fingerprint density at radius 3 is 2.79 bits per heavy atom. The van der Waals surface area contributed by atoms with E-state index in [1.54, 1.807) is 0 Å². The van der Waals surface area contributed by atoms with E-state index in [4.69, 9.17) is 0 Å². The van der Waals surface area contributed by atoms with E-state index in [2.05, 4.69) is 33.9 Å². The summed E-state index contributed by atoms with van der Waals surface area (Å²) in [7, 11) is 2.04. The highest BCUT2D eigenvalue weighted by Crippen LogP contribution is 2.43. The normalized spacial score (nSPS) is 15.8. The van der Waals surface area contributed by atoms with Crippen molar-refractivity contribution >= 4 is 16.9 Å². The van der Waals surface area contributed by atoms with Gasteiger partial charge in [-0.1, -0.05) is 13.8 Å². The van der Waals surface area contributed by atoms with Gasteiger partial charge in [0.1, 0.15) is 5.75 Å². The zero-order chi connectivity index (χ0) is 20.9. The van der Waals surface area contributed by atoms with Gasteiger partial charge < -0.3 is 25.1 Å². The molecule has 0 saturated carbocycles. The number of H-pyrrole nitrogens is 1. The first-order valence-electron chi connectivity index (χ1n) is 9.88. The summed E-state index contributed by atoms with van der Waals surface area (Å²) in [6.45, 7) is 5.66. The van der Waals surface area contributed by atoms with Crippen LogP contribution in [0.4, 0.5) is 0 Å². The minimum Gasteiger partial charge on any atom is -0.506 e. The molecule has 3 aromatic rings. The molecule has 0 amide bonds. The van der Waals surface area contributed by atoms with Gasteiger partial charge in [-0.05, 0) is 49.1 Å². The quantitative estimate of drug-likeness (QED) is 0.543. The molecule has 4 N–H and O–H groups in total. The number of rotatable bonds is 4. The van der Waals surface area contributed by atoms with Crippen LogP contribution in [0, 0.1) is 0 Å². The molecular formula is C22H25N3O4. The average molecular weight is 395 g/mol. The third-order valence-electron chi connectivity index (χ3n) is 5.97. The number of carboxylic acids is 1. The summed E-state index contributed by atoms with van der Waals surface area (Å²) in [5.41, 5.74) is 3.86. The summed E-state index contributed by atoms with van der Waals surface area (Å²) in [6.07, 6.45) is 1.53. The van der Waals surface area contributed by atoms with E-state index in [1.165, 1.54) is 0 Å². The van der Waals surface area contributed by atoms with Crippen molar-refractivity contribution in [1.29, 1.82) is 0 Å². The zero-order valence-corrected chi connectivity index (χ0v) is 16.8. The van der Waals surface area contributed by atoms with E-state index in [0.717, 1.165) is 53.7 Å². The van der Waals surface area contributed by atoms with Crippen molar-refractivity contribution in [3.8, 4) is 17.0 Å². The molecular weight excluding hydrogens is 370 g/mol. The number of aryl methyl sites for hydroxylation is 2. The molecule has 7 heteroatoms. The molecule has 4 rings (SSSR count). The highest BCUT2D eigenvalue weighted by Gasteiger charge is 2.29. The molecule has 1 unspecified atom stereocenters. The minimum atomic E-state index is -1.42. The predicted octanol–water partition coefficient (Wildman–Crippen LogP) is 3.10. The largest absolute Gasteiger partial charge is 0.506 e. The van der Waals surface area contributed by atoms with Crippen LogP contribution < -0.4 is 10.9 Å². The molecule has 0 fully saturated rings. The van der Waals surface area contributed by atoms with Gasteiger partial charge in [0, 0.05) is 41.3 Å². The Bertz CT molecular complexity index is 1190. The molecule has 1 aliphatic rings. The smallest absolute Gasteiger partial charge is 0.345 e. The number of aromatic amines is 1. The molecule has 0 saturated heterocycles. The van der Waals surface area contributed by atoms with E-state index in [1.807, 2.05) is 20.0 Å². The Balaban J connectivity index is 1.98. The SMILES string of the molecule is CCNCc1cc2cc3c(cc2n1C)CCC(C)c1c-3[nH]c(=O)c(C(=O)O)c1O. The van der Waals surface area contributed by atoms with Crippen molar-refractivity contribution < 1.29 is 15.0 Å². The van der Waals surface area contributed by atoms with Crippen molar-refractivity contribution in [2.24, 2.45) is 7.05 Å². The first kappa shape index (κ1) is 19.3. The maximum absolute atomic E-state index is 12.4. The summed E-state index contributed by atoms with van der Waals surface area (Å²) >= 11 is 0. The van der Waals surface area contributed by atoms with Gasteiger partial charge in [-0.15, -0.1) is 0 Å². The predicted molar refractivity (Wildman–Crippen MR) is 112 cm³/mol. The maximum Gasteiger partial charge on any atom is 0.345 e. The van der Waals surface area contributed by atoms with Gasteiger partial charge >= 0.3 is 5.97 Å². The molecule has 2 aromatic heterocycles. The standard InChI is InChI=1S/C22H25N3O4/c1-4-23-10-14-7-13-8-15-12(9-16(13)25(14)3)6-5-11(2)17-19(15)24-21(27)18(20(17)26)22(28)29/h7-9,11,23H,4-6,10H2,1-3H3,(H,28,29)(H2,24,26,27). The number of fused-ring (bicyclic) bond motifs is 4. The lowest BCUT2D eigenvalue weighted by atomic mass is 9.93. The van der Waals surface area contributed by atoms with Crippen molar-refractivity contribution in [2.75, 3.05) is 6.54 Å². The lowest BCUT2D eigenvalue weighted by molar-refractivity contribution is 0.0691. The van der Waals surface area contributed by atoms with Crippen LogP contribution in [0.15, 0.2) is 23.0 Å². The topological polar surface area (TPSA) is 107 Å². The Morgan fingerprint density at radius 1 is 1.34 bits per heavy atom. The van der Waals surface area contributed by atoms with E-state index < -0.39 is 22.8 Å².